The summed E-state index contributed by atoms with van der Waals surface area (Å²) in [6, 6.07) is 5.60. The van der Waals surface area contributed by atoms with Crippen LogP contribution in [0, 0.1) is 0 Å². The van der Waals surface area contributed by atoms with Gasteiger partial charge in [0.25, 0.3) is 5.56 Å². The van der Waals surface area contributed by atoms with E-state index in [0.717, 1.165) is 11.3 Å². The van der Waals surface area contributed by atoms with Gasteiger partial charge in [-0.15, -0.1) is 0 Å². The van der Waals surface area contributed by atoms with Crippen molar-refractivity contribution in [1.82, 2.24) is 23.9 Å². The average molecular weight is 432 g/mol. The molecule has 10 heteroatoms. The molecule has 5 rings (SSSR count). The zero-order valence-electron chi connectivity index (χ0n) is 14.0. The number of aromatic nitrogens is 5. The largest absolute Gasteiger partial charge is 0.486 e. The maximum absolute atomic E-state index is 12.8. The first-order valence-corrected chi connectivity index (χ1v) is 9.13. The van der Waals surface area contributed by atoms with Gasteiger partial charge in [0.1, 0.15) is 13.2 Å². The van der Waals surface area contributed by atoms with Gasteiger partial charge in [-0.2, -0.15) is 4.98 Å². The van der Waals surface area contributed by atoms with E-state index >= 15 is 0 Å². The minimum absolute atomic E-state index is 0.0850. The molecule has 1 aromatic carbocycles. The van der Waals surface area contributed by atoms with E-state index in [1.54, 1.807) is 10.8 Å². The summed E-state index contributed by atoms with van der Waals surface area (Å²) in [5, 5.41) is 9.24. The van der Waals surface area contributed by atoms with Gasteiger partial charge in [0, 0.05) is 18.3 Å². The zero-order valence-corrected chi connectivity index (χ0v) is 15.6. The minimum Gasteiger partial charge on any atom is -0.486 e. The van der Waals surface area contributed by atoms with E-state index in [-0.39, 0.29) is 24.2 Å². The SMILES string of the molecule is O=c1c2nc(Br)n(CCO)c2nc2[nH]c(-c3ccc4c(c3)OCCO4)cn12. The highest BCUT2D eigenvalue weighted by Gasteiger charge is 2.18. The molecule has 0 fully saturated rings. The number of aromatic amines is 1. The van der Waals surface area contributed by atoms with Crippen molar-refractivity contribution in [2.45, 2.75) is 6.54 Å². The molecule has 138 valence electrons. The lowest BCUT2D eigenvalue weighted by Gasteiger charge is -2.18. The summed E-state index contributed by atoms with van der Waals surface area (Å²) in [5.74, 6) is 1.76. The second-order valence-corrected chi connectivity index (χ2v) is 6.77. The molecule has 0 radical (unpaired) electrons. The highest BCUT2D eigenvalue weighted by Crippen LogP contribution is 2.34. The van der Waals surface area contributed by atoms with Crippen LogP contribution in [0.5, 0.6) is 11.5 Å². The van der Waals surface area contributed by atoms with Crippen molar-refractivity contribution in [3.63, 3.8) is 0 Å². The van der Waals surface area contributed by atoms with Crippen molar-refractivity contribution in [2.75, 3.05) is 19.8 Å². The van der Waals surface area contributed by atoms with Gasteiger partial charge in [0.2, 0.25) is 5.78 Å². The highest BCUT2D eigenvalue weighted by molar-refractivity contribution is 9.10. The Labute approximate surface area is 160 Å². The van der Waals surface area contributed by atoms with Gasteiger partial charge in [-0.1, -0.05) is 0 Å². The van der Waals surface area contributed by atoms with Crippen LogP contribution in [-0.4, -0.2) is 48.8 Å². The number of rotatable bonds is 3. The summed E-state index contributed by atoms with van der Waals surface area (Å²) in [7, 11) is 0. The third-order valence-electron chi connectivity index (χ3n) is 4.44. The van der Waals surface area contributed by atoms with Crippen LogP contribution < -0.4 is 15.0 Å². The molecule has 3 aromatic heterocycles. The van der Waals surface area contributed by atoms with Crippen LogP contribution >= 0.6 is 15.9 Å². The van der Waals surface area contributed by atoms with Crippen molar-refractivity contribution in [3.8, 4) is 22.8 Å². The number of nitrogens with zero attached hydrogens (tertiary/aromatic N) is 4. The zero-order chi connectivity index (χ0) is 18.5. The summed E-state index contributed by atoms with van der Waals surface area (Å²) in [6.07, 6.45) is 1.69. The number of H-pyrrole nitrogens is 1. The van der Waals surface area contributed by atoms with Crippen molar-refractivity contribution in [1.29, 1.82) is 0 Å². The predicted octanol–water partition coefficient (Wildman–Crippen LogP) is 1.57. The van der Waals surface area contributed by atoms with Crippen molar-refractivity contribution < 1.29 is 14.6 Å². The quantitative estimate of drug-likeness (QED) is 0.476. The van der Waals surface area contributed by atoms with Gasteiger partial charge >= 0.3 is 0 Å². The number of fused-ring (bicyclic) bond motifs is 3. The number of nitrogens with one attached hydrogen (secondary N) is 1. The molecule has 0 saturated heterocycles. The normalized spacial score (nSPS) is 13.6. The second-order valence-electron chi connectivity index (χ2n) is 6.07. The molecule has 4 aromatic rings. The Morgan fingerprint density at radius 2 is 2.04 bits per heavy atom. The molecule has 0 amide bonds. The van der Waals surface area contributed by atoms with E-state index in [2.05, 4.69) is 30.9 Å². The van der Waals surface area contributed by atoms with Gasteiger partial charge in [-0.05, 0) is 34.1 Å². The van der Waals surface area contributed by atoms with E-state index in [4.69, 9.17) is 9.47 Å². The molecule has 0 aliphatic carbocycles. The first kappa shape index (κ1) is 16.3. The molecule has 0 bridgehead atoms. The Balaban J connectivity index is 1.68. The van der Waals surface area contributed by atoms with Crippen LogP contribution in [0.25, 0.3) is 28.2 Å². The van der Waals surface area contributed by atoms with E-state index in [1.165, 1.54) is 4.40 Å². The summed E-state index contributed by atoms with van der Waals surface area (Å²) < 4.78 is 14.7. The van der Waals surface area contributed by atoms with Gasteiger partial charge < -0.3 is 24.1 Å². The average Bonchev–Trinajstić information content (AvgIpc) is 3.25. The third kappa shape index (κ3) is 2.52. The van der Waals surface area contributed by atoms with Crippen LogP contribution in [-0.2, 0) is 6.54 Å². The maximum Gasteiger partial charge on any atom is 0.287 e. The first-order chi connectivity index (χ1) is 13.2. The summed E-state index contributed by atoms with van der Waals surface area (Å²) in [6.45, 7) is 1.24. The topological polar surface area (TPSA) is 107 Å². The summed E-state index contributed by atoms with van der Waals surface area (Å²) in [5.41, 5.74) is 1.93. The van der Waals surface area contributed by atoms with Crippen LogP contribution in [0.3, 0.4) is 0 Å². The molecule has 2 N–H and O–H groups in total. The smallest absolute Gasteiger partial charge is 0.287 e. The Morgan fingerprint density at radius 1 is 1.22 bits per heavy atom. The van der Waals surface area contributed by atoms with Gasteiger partial charge in [0.15, 0.2) is 27.4 Å². The molecule has 0 spiro atoms. The third-order valence-corrected chi connectivity index (χ3v) is 5.04. The van der Waals surface area contributed by atoms with Crippen molar-refractivity contribution in [3.05, 3.63) is 39.5 Å². The summed E-state index contributed by atoms with van der Waals surface area (Å²) >= 11 is 3.31. The fraction of sp³-hybridized carbons (Fsp3) is 0.235. The van der Waals surface area contributed by atoms with Crippen molar-refractivity contribution >= 4 is 32.9 Å². The number of aliphatic hydroxyl groups excluding tert-OH is 1. The Hall–Kier alpha value is -2.85. The summed E-state index contributed by atoms with van der Waals surface area (Å²) in [4.78, 5) is 24.8. The van der Waals surface area contributed by atoms with Crippen LogP contribution in [0.15, 0.2) is 33.9 Å². The van der Waals surface area contributed by atoms with Crippen LogP contribution in [0.1, 0.15) is 0 Å². The standard InChI is InChI=1S/C17H14BrN5O4/c18-16-20-13-14(22(16)3-4-24)21-17-19-10(8-23(17)15(13)25)9-1-2-11-12(7-9)27-6-5-26-11/h1-2,7-8,24H,3-6H2,(H,19,21). The number of benzene rings is 1. The van der Waals surface area contributed by atoms with Crippen LogP contribution in [0.2, 0.25) is 0 Å². The van der Waals surface area contributed by atoms with E-state index in [1.807, 2.05) is 18.2 Å². The Morgan fingerprint density at radius 3 is 2.85 bits per heavy atom. The van der Waals surface area contributed by atoms with Gasteiger partial charge in [-0.25, -0.2) is 9.38 Å². The molecule has 27 heavy (non-hydrogen) atoms. The second kappa shape index (κ2) is 6.10. The van der Waals surface area contributed by atoms with E-state index in [0.29, 0.717) is 40.9 Å². The number of ether oxygens (including phenoxy) is 2. The monoisotopic (exact) mass is 431 g/mol. The predicted molar refractivity (Wildman–Crippen MR) is 100 cm³/mol. The molecule has 9 nitrogen and oxygen atoms in total. The van der Waals surface area contributed by atoms with E-state index < -0.39 is 0 Å². The fourth-order valence-electron chi connectivity index (χ4n) is 3.18. The highest BCUT2D eigenvalue weighted by atomic mass is 79.9. The number of hydrogen-bond donors (Lipinski definition) is 2. The number of hydrogen-bond acceptors (Lipinski definition) is 6. The van der Waals surface area contributed by atoms with E-state index in [9.17, 15) is 9.90 Å². The Bertz CT molecular complexity index is 1240. The number of imidazole rings is 2. The molecule has 0 saturated carbocycles. The van der Waals surface area contributed by atoms with Gasteiger partial charge in [0.05, 0.1) is 12.3 Å². The van der Waals surface area contributed by atoms with Crippen molar-refractivity contribution in [2.24, 2.45) is 0 Å². The van der Waals surface area contributed by atoms with Gasteiger partial charge in [-0.3, -0.25) is 4.79 Å². The molecule has 1 aliphatic heterocycles. The molecule has 0 unspecified atom stereocenters. The van der Waals surface area contributed by atoms with Crippen LogP contribution in [0.4, 0.5) is 0 Å². The molecular weight excluding hydrogens is 418 g/mol. The molecule has 4 heterocycles. The fourth-order valence-corrected chi connectivity index (χ4v) is 3.71. The first-order valence-electron chi connectivity index (χ1n) is 8.33. The molecule has 1 aliphatic rings. The minimum atomic E-state index is -0.285. The maximum atomic E-state index is 12.8. The molecular formula is C17H14BrN5O4. The molecule has 0 atom stereocenters. The lowest BCUT2D eigenvalue weighted by Crippen LogP contribution is -2.15. The lowest BCUT2D eigenvalue weighted by molar-refractivity contribution is 0.171. The Kier molecular flexibility index (Phi) is 3.69. The lowest BCUT2D eigenvalue weighted by atomic mass is 10.1. The number of halogens is 1. The number of aliphatic hydroxyl groups is 1.